The molecule has 1 N–H and O–H groups in total. The lowest BCUT2D eigenvalue weighted by Crippen LogP contribution is -2.16. The molecule has 82 valence electrons. The van der Waals surface area contributed by atoms with Crippen LogP contribution in [0.25, 0.3) is 0 Å². The maximum Gasteiger partial charge on any atom is 0.312 e. The molecule has 0 aliphatic rings. The highest BCUT2D eigenvalue weighted by Crippen LogP contribution is 2.22. The highest BCUT2D eigenvalue weighted by Gasteiger charge is 2.20. The fraction of sp³-hybridized carbons (Fsp3) is 0.545. The van der Waals surface area contributed by atoms with Gasteiger partial charge in [0.2, 0.25) is 0 Å². The molecule has 15 heavy (non-hydrogen) atoms. The van der Waals surface area contributed by atoms with Crippen molar-refractivity contribution in [3.63, 3.8) is 0 Å². The van der Waals surface area contributed by atoms with Crippen molar-refractivity contribution in [2.75, 3.05) is 0 Å². The molecule has 1 unspecified atom stereocenters. The first-order valence-electron chi connectivity index (χ1n) is 4.87. The maximum atomic E-state index is 10.8. The zero-order valence-corrected chi connectivity index (χ0v) is 9.48. The molecule has 1 rings (SSSR count). The first-order valence-corrected chi connectivity index (χ1v) is 4.87. The smallest absolute Gasteiger partial charge is 0.312 e. The van der Waals surface area contributed by atoms with Crippen LogP contribution >= 0.6 is 0 Å². The minimum atomic E-state index is -0.867. The zero-order chi connectivity index (χ0) is 11.6. The van der Waals surface area contributed by atoms with E-state index in [2.05, 4.69) is 9.97 Å². The van der Waals surface area contributed by atoms with Crippen molar-refractivity contribution in [3.05, 3.63) is 23.8 Å². The predicted molar refractivity (Wildman–Crippen MR) is 56.8 cm³/mol. The Morgan fingerprint density at radius 2 is 2.00 bits per heavy atom. The molecule has 1 heterocycles. The van der Waals surface area contributed by atoms with Gasteiger partial charge >= 0.3 is 5.97 Å². The molecule has 4 nitrogen and oxygen atoms in total. The number of carboxylic acid groups (broad SMARTS) is 1. The van der Waals surface area contributed by atoms with Gasteiger partial charge in [0.05, 0.1) is 11.6 Å². The zero-order valence-electron chi connectivity index (χ0n) is 9.48. The van der Waals surface area contributed by atoms with E-state index in [1.165, 1.54) is 6.33 Å². The highest BCUT2D eigenvalue weighted by molar-refractivity contribution is 5.74. The standard InChI is InChI=1S/C11H16N2O2/c1-7(10(14)15)8-5-9(11(2,3)4)13-6-12-8/h5-7H,1-4H3,(H,14,15). The quantitative estimate of drug-likeness (QED) is 0.807. The fourth-order valence-electron chi connectivity index (χ4n) is 1.15. The third-order valence-corrected chi connectivity index (χ3v) is 2.27. The Bertz CT molecular complexity index is 369. The van der Waals surface area contributed by atoms with Gasteiger partial charge in [-0.15, -0.1) is 0 Å². The lowest BCUT2D eigenvalue weighted by molar-refractivity contribution is -0.138. The van der Waals surface area contributed by atoms with Crippen molar-refractivity contribution in [1.29, 1.82) is 0 Å². The summed E-state index contributed by atoms with van der Waals surface area (Å²) >= 11 is 0. The van der Waals surface area contributed by atoms with Gasteiger partial charge in [-0.25, -0.2) is 9.97 Å². The molecule has 4 heteroatoms. The third-order valence-electron chi connectivity index (χ3n) is 2.27. The van der Waals surface area contributed by atoms with E-state index in [0.29, 0.717) is 5.69 Å². The second kappa shape index (κ2) is 3.96. The van der Waals surface area contributed by atoms with Gasteiger partial charge in [0.1, 0.15) is 6.33 Å². The van der Waals surface area contributed by atoms with Gasteiger partial charge in [-0.05, 0) is 13.0 Å². The summed E-state index contributed by atoms with van der Waals surface area (Å²) in [6.07, 6.45) is 1.43. The van der Waals surface area contributed by atoms with E-state index in [9.17, 15) is 4.79 Å². The minimum absolute atomic E-state index is 0.0874. The van der Waals surface area contributed by atoms with Gasteiger partial charge in [0, 0.05) is 11.1 Å². The third kappa shape index (κ3) is 2.75. The molecule has 1 atom stereocenters. The van der Waals surface area contributed by atoms with E-state index in [0.717, 1.165) is 5.69 Å². The van der Waals surface area contributed by atoms with E-state index in [4.69, 9.17) is 5.11 Å². The van der Waals surface area contributed by atoms with Gasteiger partial charge in [-0.1, -0.05) is 20.8 Å². The Balaban J connectivity index is 3.08. The van der Waals surface area contributed by atoms with Crippen LogP contribution in [0.4, 0.5) is 0 Å². The van der Waals surface area contributed by atoms with E-state index >= 15 is 0 Å². The minimum Gasteiger partial charge on any atom is -0.481 e. The van der Waals surface area contributed by atoms with Gasteiger partial charge < -0.3 is 5.11 Å². The van der Waals surface area contributed by atoms with Crippen LogP contribution in [0, 0.1) is 0 Å². The molecule has 0 amide bonds. The molecule has 1 aromatic heterocycles. The number of aliphatic carboxylic acids is 1. The van der Waals surface area contributed by atoms with Crippen molar-refractivity contribution in [3.8, 4) is 0 Å². The largest absolute Gasteiger partial charge is 0.481 e. The molecule has 0 aliphatic heterocycles. The van der Waals surface area contributed by atoms with Crippen LogP contribution in [0.1, 0.15) is 45.0 Å². The van der Waals surface area contributed by atoms with Crippen molar-refractivity contribution in [2.24, 2.45) is 0 Å². The number of aromatic nitrogens is 2. The molecule has 0 radical (unpaired) electrons. The molecule has 0 bridgehead atoms. The summed E-state index contributed by atoms with van der Waals surface area (Å²) in [6.45, 7) is 7.72. The van der Waals surface area contributed by atoms with E-state index in [-0.39, 0.29) is 5.41 Å². The Kier molecular flexibility index (Phi) is 3.07. The number of hydrogen-bond acceptors (Lipinski definition) is 3. The summed E-state index contributed by atoms with van der Waals surface area (Å²) in [5.74, 6) is -1.46. The lowest BCUT2D eigenvalue weighted by Gasteiger charge is -2.18. The Morgan fingerprint density at radius 3 is 2.47 bits per heavy atom. The average molecular weight is 208 g/mol. The first-order chi connectivity index (χ1) is 6.82. The highest BCUT2D eigenvalue weighted by atomic mass is 16.4. The Morgan fingerprint density at radius 1 is 1.40 bits per heavy atom. The fourth-order valence-corrected chi connectivity index (χ4v) is 1.15. The SMILES string of the molecule is CC(C(=O)O)c1cc(C(C)(C)C)ncn1. The molecule has 0 saturated heterocycles. The molecule has 1 aromatic rings. The van der Waals surface area contributed by atoms with Crippen LogP contribution in [-0.4, -0.2) is 21.0 Å². The van der Waals surface area contributed by atoms with Crippen LogP contribution in [-0.2, 0) is 10.2 Å². The van der Waals surface area contributed by atoms with Gasteiger partial charge in [-0.3, -0.25) is 4.79 Å². The van der Waals surface area contributed by atoms with E-state index in [1.54, 1.807) is 13.0 Å². The van der Waals surface area contributed by atoms with Crippen molar-refractivity contribution >= 4 is 5.97 Å². The van der Waals surface area contributed by atoms with Crippen LogP contribution in [0.15, 0.2) is 12.4 Å². The molecule has 0 aliphatic carbocycles. The summed E-state index contributed by atoms with van der Waals surface area (Å²) in [4.78, 5) is 18.9. The first kappa shape index (κ1) is 11.6. The second-order valence-electron chi connectivity index (χ2n) is 4.64. The summed E-state index contributed by atoms with van der Waals surface area (Å²) in [7, 11) is 0. The van der Waals surface area contributed by atoms with Crippen molar-refractivity contribution in [2.45, 2.75) is 39.0 Å². The molecular formula is C11H16N2O2. The Hall–Kier alpha value is -1.45. The van der Waals surface area contributed by atoms with Crippen LogP contribution in [0.2, 0.25) is 0 Å². The normalized spacial score (nSPS) is 13.6. The van der Waals surface area contributed by atoms with E-state index < -0.39 is 11.9 Å². The van der Waals surface area contributed by atoms with Gasteiger partial charge in [-0.2, -0.15) is 0 Å². The number of carboxylic acids is 1. The number of nitrogens with zero attached hydrogens (tertiary/aromatic N) is 2. The molecule has 0 saturated carbocycles. The van der Waals surface area contributed by atoms with Crippen LogP contribution < -0.4 is 0 Å². The average Bonchev–Trinajstić information content (AvgIpc) is 2.15. The number of carbonyl (C=O) groups is 1. The molecule has 0 aromatic carbocycles. The summed E-state index contributed by atoms with van der Waals surface area (Å²) in [6, 6.07) is 1.76. The summed E-state index contributed by atoms with van der Waals surface area (Å²) in [5.41, 5.74) is 1.33. The second-order valence-corrected chi connectivity index (χ2v) is 4.64. The van der Waals surface area contributed by atoms with E-state index in [1.807, 2.05) is 20.8 Å². The summed E-state index contributed by atoms with van der Waals surface area (Å²) < 4.78 is 0. The maximum absolute atomic E-state index is 10.8. The van der Waals surface area contributed by atoms with Crippen molar-refractivity contribution < 1.29 is 9.90 Å². The topological polar surface area (TPSA) is 63.1 Å². The van der Waals surface area contributed by atoms with Gasteiger partial charge in [0.15, 0.2) is 0 Å². The molecule has 0 fully saturated rings. The monoisotopic (exact) mass is 208 g/mol. The van der Waals surface area contributed by atoms with Crippen LogP contribution in [0.5, 0.6) is 0 Å². The predicted octanol–water partition coefficient (Wildman–Crippen LogP) is 1.96. The van der Waals surface area contributed by atoms with Crippen molar-refractivity contribution in [1.82, 2.24) is 9.97 Å². The van der Waals surface area contributed by atoms with Gasteiger partial charge in [0.25, 0.3) is 0 Å². The molecule has 0 spiro atoms. The van der Waals surface area contributed by atoms with Crippen LogP contribution in [0.3, 0.4) is 0 Å². The number of rotatable bonds is 2. The number of hydrogen-bond donors (Lipinski definition) is 1. The Labute approximate surface area is 89.4 Å². The lowest BCUT2D eigenvalue weighted by atomic mass is 9.90. The molecular weight excluding hydrogens is 192 g/mol. The summed E-state index contributed by atoms with van der Waals surface area (Å²) in [5, 5.41) is 8.87.